The van der Waals surface area contributed by atoms with Gasteiger partial charge in [-0.3, -0.25) is 0 Å². The lowest BCUT2D eigenvalue weighted by Gasteiger charge is -2.09. The summed E-state index contributed by atoms with van der Waals surface area (Å²) < 4.78 is 10.3. The predicted octanol–water partition coefficient (Wildman–Crippen LogP) is 0.173. The van der Waals surface area contributed by atoms with Crippen molar-refractivity contribution in [2.75, 3.05) is 19.8 Å². The molecule has 0 aromatic heterocycles. The van der Waals surface area contributed by atoms with Gasteiger partial charge in [0.1, 0.15) is 6.10 Å². The average Bonchev–Trinajstić information content (AvgIpc) is 2.67. The molecule has 1 heterocycles. The third kappa shape index (κ3) is 3.15. The fourth-order valence-corrected chi connectivity index (χ4v) is 0.701. The second kappa shape index (κ2) is 3.91. The molecule has 0 bridgehead atoms. The molecule has 1 fully saturated rings. The first-order valence-electron chi connectivity index (χ1n) is 3.67. The monoisotopic (exact) mass is 146 g/mol. The molecule has 2 atom stereocenters. The quantitative estimate of drug-likeness (QED) is 0.562. The van der Waals surface area contributed by atoms with Crippen LogP contribution in [0.15, 0.2) is 0 Å². The second-order valence-corrected chi connectivity index (χ2v) is 2.61. The Hall–Kier alpha value is -0.120. The average molecular weight is 146 g/mol. The zero-order chi connectivity index (χ0) is 7.40. The molecule has 0 aromatic rings. The molecule has 0 saturated carbocycles. The van der Waals surface area contributed by atoms with Gasteiger partial charge in [0.25, 0.3) is 0 Å². The van der Waals surface area contributed by atoms with E-state index in [1.807, 2.05) is 6.92 Å². The minimum absolute atomic E-state index is 0.161. The minimum atomic E-state index is 0.161. The standard InChI is InChI=1S/C7H14O3/c1-6(2-3-8)9-4-7-5-10-7/h6-8H,2-5H2,1H3. The summed E-state index contributed by atoms with van der Waals surface area (Å²) in [4.78, 5) is 0. The molecule has 0 aliphatic carbocycles. The Labute approximate surface area is 60.9 Å². The van der Waals surface area contributed by atoms with Crippen LogP contribution in [0.4, 0.5) is 0 Å². The number of aliphatic hydroxyl groups excluding tert-OH is 1. The Morgan fingerprint density at radius 1 is 1.80 bits per heavy atom. The van der Waals surface area contributed by atoms with Crippen molar-refractivity contribution in [1.82, 2.24) is 0 Å². The number of epoxide rings is 1. The van der Waals surface area contributed by atoms with Gasteiger partial charge < -0.3 is 14.6 Å². The zero-order valence-electron chi connectivity index (χ0n) is 6.25. The van der Waals surface area contributed by atoms with E-state index >= 15 is 0 Å². The van der Waals surface area contributed by atoms with Crippen molar-refractivity contribution in [3.8, 4) is 0 Å². The smallest absolute Gasteiger partial charge is 0.104 e. The van der Waals surface area contributed by atoms with E-state index in [9.17, 15) is 0 Å². The van der Waals surface area contributed by atoms with Crippen molar-refractivity contribution in [3.63, 3.8) is 0 Å². The number of hydrogen-bond donors (Lipinski definition) is 1. The molecule has 1 saturated heterocycles. The van der Waals surface area contributed by atoms with Crippen LogP contribution < -0.4 is 0 Å². The van der Waals surface area contributed by atoms with Crippen LogP contribution >= 0.6 is 0 Å². The molecule has 0 spiro atoms. The molecular formula is C7H14O3. The van der Waals surface area contributed by atoms with E-state index < -0.39 is 0 Å². The first-order valence-corrected chi connectivity index (χ1v) is 3.67. The highest BCUT2D eigenvalue weighted by Gasteiger charge is 2.23. The summed E-state index contributed by atoms with van der Waals surface area (Å²) >= 11 is 0. The normalized spacial score (nSPS) is 26.4. The molecule has 2 unspecified atom stereocenters. The number of rotatable bonds is 5. The van der Waals surface area contributed by atoms with Gasteiger partial charge in [0.15, 0.2) is 0 Å². The highest BCUT2D eigenvalue weighted by Crippen LogP contribution is 2.10. The van der Waals surface area contributed by atoms with Crippen LogP contribution in [0, 0.1) is 0 Å². The zero-order valence-corrected chi connectivity index (χ0v) is 6.25. The van der Waals surface area contributed by atoms with Crippen molar-refractivity contribution in [3.05, 3.63) is 0 Å². The maximum absolute atomic E-state index is 8.51. The highest BCUT2D eigenvalue weighted by molar-refractivity contribution is 4.68. The van der Waals surface area contributed by atoms with Gasteiger partial charge in [0.2, 0.25) is 0 Å². The Morgan fingerprint density at radius 2 is 2.50 bits per heavy atom. The Bertz CT molecular complexity index is 90.9. The van der Waals surface area contributed by atoms with E-state index in [-0.39, 0.29) is 12.7 Å². The molecule has 0 amide bonds. The Balaban J connectivity index is 1.89. The predicted molar refractivity (Wildman–Crippen MR) is 36.9 cm³/mol. The fourth-order valence-electron chi connectivity index (χ4n) is 0.701. The molecule has 0 radical (unpaired) electrons. The molecule has 1 aliphatic heterocycles. The van der Waals surface area contributed by atoms with Gasteiger partial charge in [-0.2, -0.15) is 0 Å². The van der Waals surface area contributed by atoms with Crippen molar-refractivity contribution in [2.45, 2.75) is 25.6 Å². The third-order valence-corrected chi connectivity index (χ3v) is 1.50. The summed E-state index contributed by atoms with van der Waals surface area (Å²) in [5.41, 5.74) is 0. The van der Waals surface area contributed by atoms with Crippen molar-refractivity contribution < 1.29 is 14.6 Å². The van der Waals surface area contributed by atoms with Crippen LogP contribution in [-0.4, -0.2) is 37.1 Å². The van der Waals surface area contributed by atoms with E-state index in [0.717, 1.165) is 6.61 Å². The number of aliphatic hydroxyl groups is 1. The molecule has 10 heavy (non-hydrogen) atoms. The van der Waals surface area contributed by atoms with Crippen LogP contribution in [0.5, 0.6) is 0 Å². The van der Waals surface area contributed by atoms with Gasteiger partial charge in [0.05, 0.1) is 19.3 Å². The van der Waals surface area contributed by atoms with Crippen molar-refractivity contribution in [2.24, 2.45) is 0 Å². The molecule has 3 heteroatoms. The summed E-state index contributed by atoms with van der Waals surface area (Å²) in [6, 6.07) is 0. The van der Waals surface area contributed by atoms with Crippen LogP contribution in [0.3, 0.4) is 0 Å². The molecule has 1 N–H and O–H groups in total. The fraction of sp³-hybridized carbons (Fsp3) is 1.00. The molecule has 60 valence electrons. The van der Waals surface area contributed by atoms with Gasteiger partial charge in [-0.1, -0.05) is 0 Å². The summed E-state index contributed by atoms with van der Waals surface area (Å²) in [5, 5.41) is 8.51. The first kappa shape index (κ1) is 7.98. The molecule has 1 rings (SSSR count). The molecule has 3 nitrogen and oxygen atoms in total. The Kier molecular flexibility index (Phi) is 3.12. The highest BCUT2D eigenvalue weighted by atomic mass is 16.6. The van der Waals surface area contributed by atoms with Gasteiger partial charge in [-0.25, -0.2) is 0 Å². The summed E-state index contributed by atoms with van der Waals surface area (Å²) in [5.74, 6) is 0. The van der Waals surface area contributed by atoms with Crippen LogP contribution in [-0.2, 0) is 9.47 Å². The summed E-state index contributed by atoms with van der Waals surface area (Å²) in [6.07, 6.45) is 1.21. The van der Waals surface area contributed by atoms with Gasteiger partial charge in [-0.15, -0.1) is 0 Å². The third-order valence-electron chi connectivity index (χ3n) is 1.50. The topological polar surface area (TPSA) is 42.0 Å². The van der Waals surface area contributed by atoms with E-state index in [1.54, 1.807) is 0 Å². The Morgan fingerprint density at radius 3 is 3.00 bits per heavy atom. The lowest BCUT2D eigenvalue weighted by atomic mass is 10.3. The van der Waals surface area contributed by atoms with E-state index in [1.165, 1.54) is 0 Å². The number of hydrogen-bond acceptors (Lipinski definition) is 3. The maximum atomic E-state index is 8.51. The van der Waals surface area contributed by atoms with Crippen molar-refractivity contribution >= 4 is 0 Å². The van der Waals surface area contributed by atoms with Gasteiger partial charge in [0, 0.05) is 6.61 Å². The SMILES string of the molecule is CC(CCO)OCC1CO1. The van der Waals surface area contributed by atoms with Crippen molar-refractivity contribution in [1.29, 1.82) is 0 Å². The van der Waals surface area contributed by atoms with E-state index in [0.29, 0.717) is 19.1 Å². The number of ether oxygens (including phenoxy) is 2. The van der Waals surface area contributed by atoms with Gasteiger partial charge in [-0.05, 0) is 13.3 Å². The summed E-state index contributed by atoms with van der Waals surface area (Å²) in [7, 11) is 0. The molecule has 0 aromatic carbocycles. The largest absolute Gasteiger partial charge is 0.396 e. The molecule has 1 aliphatic rings. The van der Waals surface area contributed by atoms with E-state index in [2.05, 4.69) is 0 Å². The van der Waals surface area contributed by atoms with Crippen LogP contribution in [0.25, 0.3) is 0 Å². The van der Waals surface area contributed by atoms with E-state index in [4.69, 9.17) is 14.6 Å². The minimum Gasteiger partial charge on any atom is -0.396 e. The van der Waals surface area contributed by atoms with Crippen LogP contribution in [0.1, 0.15) is 13.3 Å². The lowest BCUT2D eigenvalue weighted by Crippen LogP contribution is -2.13. The van der Waals surface area contributed by atoms with Crippen LogP contribution in [0.2, 0.25) is 0 Å². The maximum Gasteiger partial charge on any atom is 0.104 e. The second-order valence-electron chi connectivity index (χ2n) is 2.61. The lowest BCUT2D eigenvalue weighted by molar-refractivity contribution is 0.0384. The summed E-state index contributed by atoms with van der Waals surface area (Å²) in [6.45, 7) is 3.68. The molecular weight excluding hydrogens is 132 g/mol. The van der Waals surface area contributed by atoms with Gasteiger partial charge >= 0.3 is 0 Å². The first-order chi connectivity index (χ1) is 4.83.